The molecule has 2 heterocycles. The predicted octanol–water partition coefficient (Wildman–Crippen LogP) is 4.20. The molecule has 1 unspecified atom stereocenters. The number of para-hydroxylation sites is 1. The first-order chi connectivity index (χ1) is 12.8. The van der Waals surface area contributed by atoms with Gasteiger partial charge in [-0.1, -0.05) is 48.5 Å². The maximum atomic E-state index is 12.8. The van der Waals surface area contributed by atoms with Crippen LogP contribution in [-0.4, -0.2) is 30.1 Å². The van der Waals surface area contributed by atoms with Crippen LogP contribution in [0.1, 0.15) is 29.6 Å². The smallest absolute Gasteiger partial charge is 0.252 e. The van der Waals surface area contributed by atoms with E-state index in [-0.39, 0.29) is 12.0 Å². The Labute approximate surface area is 153 Å². The van der Waals surface area contributed by atoms with Gasteiger partial charge in [0, 0.05) is 24.1 Å². The summed E-state index contributed by atoms with van der Waals surface area (Å²) in [5.74, 6) is -0.0567. The second kappa shape index (κ2) is 7.67. The van der Waals surface area contributed by atoms with Gasteiger partial charge in [-0.05, 0) is 31.4 Å². The van der Waals surface area contributed by atoms with Gasteiger partial charge in [0.25, 0.3) is 5.91 Å². The number of benzene rings is 2. The van der Waals surface area contributed by atoms with Crippen molar-refractivity contribution in [2.75, 3.05) is 13.2 Å². The van der Waals surface area contributed by atoms with Crippen LogP contribution >= 0.6 is 0 Å². The summed E-state index contributed by atoms with van der Waals surface area (Å²) in [6.45, 7) is 1.47. The monoisotopic (exact) mass is 346 g/mol. The van der Waals surface area contributed by atoms with E-state index < -0.39 is 0 Å². The van der Waals surface area contributed by atoms with Gasteiger partial charge in [-0.25, -0.2) is 4.98 Å². The number of hydrogen-bond acceptors (Lipinski definition) is 3. The molecule has 2 aromatic carbocycles. The van der Waals surface area contributed by atoms with Crippen molar-refractivity contribution >= 4 is 16.8 Å². The lowest BCUT2D eigenvalue weighted by Gasteiger charge is -2.12. The number of aromatic nitrogens is 1. The molecule has 0 spiro atoms. The van der Waals surface area contributed by atoms with E-state index in [0.29, 0.717) is 12.1 Å². The third-order valence-electron chi connectivity index (χ3n) is 4.81. The Morgan fingerprint density at radius 2 is 1.92 bits per heavy atom. The minimum absolute atomic E-state index is 0.0567. The highest BCUT2D eigenvalue weighted by molar-refractivity contribution is 6.07. The van der Waals surface area contributed by atoms with E-state index in [1.54, 1.807) is 0 Å². The van der Waals surface area contributed by atoms with Crippen molar-refractivity contribution in [2.45, 2.75) is 25.4 Å². The van der Waals surface area contributed by atoms with Crippen LogP contribution in [-0.2, 0) is 4.74 Å². The molecule has 1 aliphatic heterocycles. The van der Waals surface area contributed by atoms with E-state index >= 15 is 0 Å². The predicted molar refractivity (Wildman–Crippen MR) is 103 cm³/mol. The quantitative estimate of drug-likeness (QED) is 0.753. The summed E-state index contributed by atoms with van der Waals surface area (Å²) in [6, 6.07) is 19.6. The summed E-state index contributed by atoms with van der Waals surface area (Å²) in [4.78, 5) is 17.6. The van der Waals surface area contributed by atoms with E-state index in [0.717, 1.165) is 48.0 Å². The van der Waals surface area contributed by atoms with Crippen molar-refractivity contribution in [2.24, 2.45) is 0 Å². The Balaban J connectivity index is 1.61. The molecule has 0 saturated carbocycles. The fourth-order valence-corrected chi connectivity index (χ4v) is 3.43. The summed E-state index contributed by atoms with van der Waals surface area (Å²) < 4.78 is 5.63. The van der Waals surface area contributed by atoms with Crippen LogP contribution in [0.25, 0.3) is 22.2 Å². The molecule has 1 aromatic heterocycles. The van der Waals surface area contributed by atoms with Gasteiger partial charge in [0.15, 0.2) is 0 Å². The number of rotatable bonds is 5. The first kappa shape index (κ1) is 16.7. The fraction of sp³-hybridized carbons (Fsp3) is 0.273. The second-order valence-corrected chi connectivity index (χ2v) is 6.62. The summed E-state index contributed by atoms with van der Waals surface area (Å²) in [7, 11) is 0. The number of nitrogens with zero attached hydrogens (tertiary/aromatic N) is 1. The zero-order chi connectivity index (χ0) is 17.8. The van der Waals surface area contributed by atoms with Crippen LogP contribution in [0.5, 0.6) is 0 Å². The summed E-state index contributed by atoms with van der Waals surface area (Å²) in [6.07, 6.45) is 3.35. The molecule has 3 aromatic rings. The van der Waals surface area contributed by atoms with E-state index in [4.69, 9.17) is 9.72 Å². The second-order valence-electron chi connectivity index (χ2n) is 6.62. The first-order valence-electron chi connectivity index (χ1n) is 9.16. The molecular formula is C22H22N2O2. The minimum Gasteiger partial charge on any atom is -0.378 e. The van der Waals surface area contributed by atoms with E-state index in [2.05, 4.69) is 5.32 Å². The van der Waals surface area contributed by atoms with Gasteiger partial charge in [-0.3, -0.25) is 4.79 Å². The van der Waals surface area contributed by atoms with Crippen LogP contribution in [0.4, 0.5) is 0 Å². The summed E-state index contributed by atoms with van der Waals surface area (Å²) in [5.41, 5.74) is 3.32. The standard InChI is InChI=1S/C22H22N2O2/c25-22(23-13-12-17-9-6-14-26-17)19-15-21(16-7-2-1-3-8-16)24-20-11-5-4-10-18(19)20/h1-5,7-8,10-11,15,17H,6,9,12-14H2,(H,23,25). The molecule has 1 N–H and O–H groups in total. The molecule has 4 rings (SSSR count). The Morgan fingerprint density at radius 3 is 2.73 bits per heavy atom. The average molecular weight is 346 g/mol. The van der Waals surface area contributed by atoms with Crippen LogP contribution in [0.3, 0.4) is 0 Å². The average Bonchev–Trinajstić information content (AvgIpc) is 3.21. The van der Waals surface area contributed by atoms with E-state index in [9.17, 15) is 4.79 Å². The van der Waals surface area contributed by atoms with Crippen molar-refractivity contribution in [1.29, 1.82) is 0 Å². The number of carbonyl (C=O) groups excluding carboxylic acids is 1. The molecule has 0 radical (unpaired) electrons. The topological polar surface area (TPSA) is 51.2 Å². The van der Waals surface area contributed by atoms with Crippen LogP contribution in [0.15, 0.2) is 60.7 Å². The molecular weight excluding hydrogens is 324 g/mol. The molecule has 0 bridgehead atoms. The highest BCUT2D eigenvalue weighted by Crippen LogP contribution is 2.24. The number of pyridine rings is 1. The number of carbonyl (C=O) groups is 1. The minimum atomic E-state index is -0.0567. The molecule has 132 valence electrons. The summed E-state index contributed by atoms with van der Waals surface area (Å²) in [5, 5.41) is 3.93. The van der Waals surface area contributed by atoms with Crippen LogP contribution in [0, 0.1) is 0 Å². The highest BCUT2D eigenvalue weighted by atomic mass is 16.5. The van der Waals surface area contributed by atoms with Gasteiger partial charge >= 0.3 is 0 Å². The van der Waals surface area contributed by atoms with Crippen LogP contribution < -0.4 is 5.32 Å². The Kier molecular flexibility index (Phi) is 4.93. The number of nitrogens with one attached hydrogen (secondary N) is 1. The van der Waals surface area contributed by atoms with Crippen molar-refractivity contribution in [3.63, 3.8) is 0 Å². The van der Waals surface area contributed by atoms with E-state index in [1.807, 2.05) is 60.7 Å². The maximum absolute atomic E-state index is 12.8. The number of fused-ring (bicyclic) bond motifs is 1. The third-order valence-corrected chi connectivity index (χ3v) is 4.81. The first-order valence-corrected chi connectivity index (χ1v) is 9.16. The molecule has 4 nitrogen and oxygen atoms in total. The number of ether oxygens (including phenoxy) is 1. The molecule has 1 aliphatic rings. The van der Waals surface area contributed by atoms with Gasteiger partial charge < -0.3 is 10.1 Å². The van der Waals surface area contributed by atoms with Gasteiger partial charge in [0.1, 0.15) is 0 Å². The van der Waals surface area contributed by atoms with Crippen molar-refractivity contribution in [3.8, 4) is 11.3 Å². The Hall–Kier alpha value is -2.72. The third kappa shape index (κ3) is 3.60. The van der Waals surface area contributed by atoms with E-state index in [1.165, 1.54) is 0 Å². The zero-order valence-corrected chi connectivity index (χ0v) is 14.7. The van der Waals surface area contributed by atoms with Crippen molar-refractivity contribution in [3.05, 3.63) is 66.2 Å². The lowest BCUT2D eigenvalue weighted by atomic mass is 10.0. The molecule has 1 atom stereocenters. The SMILES string of the molecule is O=C(NCCC1CCCO1)c1cc(-c2ccccc2)nc2ccccc12. The fourth-order valence-electron chi connectivity index (χ4n) is 3.43. The maximum Gasteiger partial charge on any atom is 0.252 e. The van der Waals surface area contributed by atoms with Gasteiger partial charge in [0.05, 0.1) is 22.9 Å². The zero-order valence-electron chi connectivity index (χ0n) is 14.7. The molecule has 0 aliphatic carbocycles. The van der Waals surface area contributed by atoms with Gasteiger partial charge in [-0.2, -0.15) is 0 Å². The number of amides is 1. The highest BCUT2D eigenvalue weighted by Gasteiger charge is 2.17. The van der Waals surface area contributed by atoms with Crippen molar-refractivity contribution < 1.29 is 9.53 Å². The molecule has 1 fully saturated rings. The normalized spacial score (nSPS) is 16.7. The van der Waals surface area contributed by atoms with Crippen LogP contribution in [0.2, 0.25) is 0 Å². The largest absolute Gasteiger partial charge is 0.378 e. The van der Waals surface area contributed by atoms with Gasteiger partial charge in [0.2, 0.25) is 0 Å². The molecule has 26 heavy (non-hydrogen) atoms. The summed E-state index contributed by atoms with van der Waals surface area (Å²) >= 11 is 0. The Bertz CT molecular complexity index is 902. The molecule has 1 amide bonds. The Morgan fingerprint density at radius 1 is 1.12 bits per heavy atom. The molecule has 4 heteroatoms. The lowest BCUT2D eigenvalue weighted by molar-refractivity contribution is 0.0908. The lowest BCUT2D eigenvalue weighted by Crippen LogP contribution is -2.27. The molecule has 1 saturated heterocycles. The number of hydrogen-bond donors (Lipinski definition) is 1. The van der Waals surface area contributed by atoms with Gasteiger partial charge in [-0.15, -0.1) is 0 Å². The van der Waals surface area contributed by atoms with Crippen molar-refractivity contribution in [1.82, 2.24) is 10.3 Å².